The molecule has 0 aliphatic heterocycles. The Labute approximate surface area is 120 Å². The van der Waals surface area contributed by atoms with Crippen LogP contribution in [0.1, 0.15) is 34.5 Å². The van der Waals surface area contributed by atoms with E-state index in [1.54, 1.807) is 0 Å². The molecule has 2 heterocycles. The Bertz CT molecular complexity index is 646. The van der Waals surface area contributed by atoms with Crippen LogP contribution in [0.5, 0.6) is 0 Å². The first-order valence-electron chi connectivity index (χ1n) is 6.34. The fourth-order valence-electron chi connectivity index (χ4n) is 1.91. The standard InChI is InChI=1S/C12H17N5O2S/c1-7-10(20-12-16-15-8(2)17(7)12)11(19)14-6-4-5-13-9(3)18/h4-6H2,1-3H3,(H,13,18)(H,14,19). The molecular formula is C12H17N5O2S. The van der Waals surface area contributed by atoms with E-state index in [1.165, 1.54) is 18.3 Å². The number of nitrogens with zero attached hydrogens (tertiary/aromatic N) is 3. The van der Waals surface area contributed by atoms with Gasteiger partial charge in [-0.2, -0.15) is 0 Å². The van der Waals surface area contributed by atoms with Gasteiger partial charge in [0.2, 0.25) is 10.9 Å². The average molecular weight is 295 g/mol. The number of carbonyl (C=O) groups is 2. The molecule has 2 N–H and O–H groups in total. The largest absolute Gasteiger partial charge is 0.356 e. The third-order valence-corrected chi connectivity index (χ3v) is 4.00. The number of amides is 2. The van der Waals surface area contributed by atoms with Crippen LogP contribution in [0.15, 0.2) is 0 Å². The van der Waals surface area contributed by atoms with Gasteiger partial charge in [-0.15, -0.1) is 10.2 Å². The van der Waals surface area contributed by atoms with Crippen molar-refractivity contribution in [1.29, 1.82) is 0 Å². The van der Waals surface area contributed by atoms with Crippen LogP contribution in [0, 0.1) is 13.8 Å². The van der Waals surface area contributed by atoms with Crippen molar-refractivity contribution in [2.45, 2.75) is 27.2 Å². The number of rotatable bonds is 5. The summed E-state index contributed by atoms with van der Waals surface area (Å²) in [7, 11) is 0. The van der Waals surface area contributed by atoms with Crippen LogP contribution in [0.4, 0.5) is 0 Å². The monoisotopic (exact) mass is 295 g/mol. The van der Waals surface area contributed by atoms with Crippen molar-refractivity contribution in [3.05, 3.63) is 16.4 Å². The van der Waals surface area contributed by atoms with E-state index in [2.05, 4.69) is 20.8 Å². The Morgan fingerprint density at radius 1 is 1.20 bits per heavy atom. The predicted octanol–water partition coefficient (Wildman–Crippen LogP) is 0.664. The maximum absolute atomic E-state index is 12.1. The van der Waals surface area contributed by atoms with Crippen molar-refractivity contribution in [2.24, 2.45) is 0 Å². The molecule has 0 aliphatic rings. The highest BCUT2D eigenvalue weighted by Crippen LogP contribution is 2.22. The average Bonchev–Trinajstić information content (AvgIpc) is 2.90. The van der Waals surface area contributed by atoms with Crippen molar-refractivity contribution in [2.75, 3.05) is 13.1 Å². The number of aryl methyl sites for hydroxylation is 2. The second-order valence-electron chi connectivity index (χ2n) is 4.47. The summed E-state index contributed by atoms with van der Waals surface area (Å²) in [5.74, 6) is 0.605. The molecule has 8 heteroatoms. The molecule has 0 aliphatic carbocycles. The molecular weight excluding hydrogens is 278 g/mol. The van der Waals surface area contributed by atoms with Crippen molar-refractivity contribution < 1.29 is 9.59 Å². The highest BCUT2D eigenvalue weighted by Gasteiger charge is 2.17. The van der Waals surface area contributed by atoms with Gasteiger partial charge in [-0.1, -0.05) is 11.3 Å². The minimum Gasteiger partial charge on any atom is -0.356 e. The van der Waals surface area contributed by atoms with E-state index < -0.39 is 0 Å². The van der Waals surface area contributed by atoms with E-state index in [0.29, 0.717) is 24.4 Å². The summed E-state index contributed by atoms with van der Waals surface area (Å²) in [5, 5.41) is 13.5. The molecule has 0 saturated carbocycles. The summed E-state index contributed by atoms with van der Waals surface area (Å²) in [6.45, 7) is 6.29. The Kier molecular flexibility index (Phi) is 4.33. The third-order valence-electron chi connectivity index (χ3n) is 2.87. The predicted molar refractivity (Wildman–Crippen MR) is 76.0 cm³/mol. The molecule has 0 aromatic carbocycles. The maximum atomic E-state index is 12.1. The minimum atomic E-state index is -0.111. The van der Waals surface area contributed by atoms with Gasteiger partial charge in [-0.05, 0) is 20.3 Å². The van der Waals surface area contributed by atoms with E-state index in [-0.39, 0.29) is 11.8 Å². The van der Waals surface area contributed by atoms with Crippen LogP contribution in [0.3, 0.4) is 0 Å². The zero-order valence-electron chi connectivity index (χ0n) is 11.7. The second kappa shape index (κ2) is 6.00. The van der Waals surface area contributed by atoms with E-state index in [9.17, 15) is 9.59 Å². The first-order chi connectivity index (χ1) is 9.50. The lowest BCUT2D eigenvalue weighted by molar-refractivity contribution is -0.118. The zero-order chi connectivity index (χ0) is 14.7. The fraction of sp³-hybridized carbons (Fsp3) is 0.500. The molecule has 108 valence electrons. The van der Waals surface area contributed by atoms with Crippen LogP contribution in [-0.4, -0.2) is 39.5 Å². The summed E-state index contributed by atoms with van der Waals surface area (Å²) in [6, 6.07) is 0. The topological polar surface area (TPSA) is 88.4 Å². The molecule has 0 saturated heterocycles. The highest BCUT2D eigenvalue weighted by molar-refractivity contribution is 7.19. The van der Waals surface area contributed by atoms with Gasteiger partial charge in [0.1, 0.15) is 10.7 Å². The van der Waals surface area contributed by atoms with Crippen LogP contribution < -0.4 is 10.6 Å². The molecule has 7 nitrogen and oxygen atoms in total. The SMILES string of the molecule is CC(=O)NCCCNC(=O)c1sc2nnc(C)n2c1C. The summed E-state index contributed by atoms with van der Waals surface area (Å²) in [6.07, 6.45) is 0.702. The maximum Gasteiger partial charge on any atom is 0.263 e. The summed E-state index contributed by atoms with van der Waals surface area (Å²) in [4.78, 5) is 24.2. The van der Waals surface area contributed by atoms with E-state index in [4.69, 9.17) is 0 Å². The first-order valence-corrected chi connectivity index (χ1v) is 7.16. The van der Waals surface area contributed by atoms with E-state index in [0.717, 1.165) is 16.5 Å². The Balaban J connectivity index is 1.94. The normalized spacial score (nSPS) is 10.8. The number of thiazole rings is 1. The van der Waals surface area contributed by atoms with Gasteiger partial charge < -0.3 is 10.6 Å². The summed E-state index contributed by atoms with van der Waals surface area (Å²) >= 11 is 1.33. The Hall–Kier alpha value is -1.96. The van der Waals surface area contributed by atoms with Crippen molar-refractivity contribution in [1.82, 2.24) is 25.2 Å². The van der Waals surface area contributed by atoms with E-state index >= 15 is 0 Å². The molecule has 2 aromatic heterocycles. The number of aromatic nitrogens is 3. The van der Waals surface area contributed by atoms with Gasteiger partial charge in [0.05, 0.1) is 0 Å². The number of fused-ring (bicyclic) bond motifs is 1. The Morgan fingerprint density at radius 2 is 1.90 bits per heavy atom. The van der Waals surface area contributed by atoms with E-state index in [1.807, 2.05) is 18.2 Å². The molecule has 0 bridgehead atoms. The molecule has 0 atom stereocenters. The molecule has 2 rings (SSSR count). The van der Waals surface area contributed by atoms with Gasteiger partial charge in [0.25, 0.3) is 5.91 Å². The first kappa shape index (κ1) is 14.4. The lowest BCUT2D eigenvalue weighted by Crippen LogP contribution is -2.28. The number of carbonyl (C=O) groups excluding carboxylic acids is 2. The highest BCUT2D eigenvalue weighted by atomic mass is 32.1. The molecule has 2 aromatic rings. The molecule has 2 amide bonds. The minimum absolute atomic E-state index is 0.0605. The molecule has 0 spiro atoms. The van der Waals surface area contributed by atoms with Crippen LogP contribution >= 0.6 is 11.3 Å². The third kappa shape index (κ3) is 2.96. The number of hydrogen-bond acceptors (Lipinski definition) is 5. The van der Waals surface area contributed by atoms with Crippen molar-refractivity contribution in [3.8, 4) is 0 Å². The number of nitrogens with one attached hydrogen (secondary N) is 2. The van der Waals surface area contributed by atoms with Crippen molar-refractivity contribution in [3.63, 3.8) is 0 Å². The van der Waals surface area contributed by atoms with Crippen LogP contribution in [0.2, 0.25) is 0 Å². The molecule has 0 radical (unpaired) electrons. The second-order valence-corrected chi connectivity index (χ2v) is 5.45. The van der Waals surface area contributed by atoms with Gasteiger partial charge in [0.15, 0.2) is 0 Å². The smallest absolute Gasteiger partial charge is 0.263 e. The lowest BCUT2D eigenvalue weighted by atomic mass is 10.3. The molecule has 0 unspecified atom stereocenters. The summed E-state index contributed by atoms with van der Waals surface area (Å²) < 4.78 is 1.87. The van der Waals surface area contributed by atoms with Gasteiger partial charge >= 0.3 is 0 Å². The fourth-order valence-corrected chi connectivity index (χ4v) is 2.94. The van der Waals surface area contributed by atoms with Gasteiger partial charge in [-0.3, -0.25) is 14.0 Å². The van der Waals surface area contributed by atoms with Crippen LogP contribution in [-0.2, 0) is 4.79 Å². The van der Waals surface area contributed by atoms with Gasteiger partial charge in [0, 0.05) is 25.7 Å². The molecule has 20 heavy (non-hydrogen) atoms. The Morgan fingerprint density at radius 3 is 2.55 bits per heavy atom. The van der Waals surface area contributed by atoms with Gasteiger partial charge in [-0.25, -0.2) is 0 Å². The zero-order valence-corrected chi connectivity index (χ0v) is 12.5. The lowest BCUT2D eigenvalue weighted by Gasteiger charge is -2.05. The quantitative estimate of drug-likeness (QED) is 0.793. The van der Waals surface area contributed by atoms with Crippen molar-refractivity contribution >= 4 is 28.1 Å². The summed E-state index contributed by atoms with van der Waals surface area (Å²) in [5.41, 5.74) is 0.854. The molecule has 0 fully saturated rings. The van der Waals surface area contributed by atoms with Crippen LogP contribution in [0.25, 0.3) is 4.96 Å². The number of hydrogen-bond donors (Lipinski definition) is 2.